The molecule has 0 unspecified atom stereocenters. The summed E-state index contributed by atoms with van der Waals surface area (Å²) in [5.41, 5.74) is 0.163. The number of hydrogen-bond acceptors (Lipinski definition) is 1. The normalized spacial score (nSPS) is 13.9. The van der Waals surface area contributed by atoms with E-state index in [-0.39, 0.29) is 5.41 Å². The van der Waals surface area contributed by atoms with Crippen molar-refractivity contribution in [2.75, 3.05) is 0 Å². The van der Waals surface area contributed by atoms with Crippen molar-refractivity contribution in [3.8, 4) is 0 Å². The molecule has 11 heavy (non-hydrogen) atoms. The van der Waals surface area contributed by atoms with Gasteiger partial charge in [-0.05, 0) is 20.0 Å². The lowest BCUT2D eigenvalue weighted by Crippen LogP contribution is -2.18. The molecule has 0 heterocycles. The van der Waals surface area contributed by atoms with Crippen molar-refractivity contribution in [2.24, 2.45) is 5.41 Å². The van der Waals surface area contributed by atoms with Gasteiger partial charge in [0.1, 0.15) is 0 Å². The predicted molar refractivity (Wildman–Crippen MR) is 51.8 cm³/mol. The molecular formula is C9H19OSi. The molecule has 1 radical (unpaired) electrons. The van der Waals surface area contributed by atoms with E-state index in [1.807, 2.05) is 6.92 Å². The highest BCUT2D eigenvalue weighted by atomic mass is 28.3. The van der Waals surface area contributed by atoms with E-state index in [1.165, 1.54) is 0 Å². The van der Waals surface area contributed by atoms with Crippen LogP contribution >= 0.6 is 0 Å². The SMILES string of the molecule is C/C=C(/O[Si](C)C)C(C)(C)C. The van der Waals surface area contributed by atoms with Crippen LogP contribution in [0.2, 0.25) is 13.1 Å². The molecule has 0 amide bonds. The number of hydrogen-bond donors (Lipinski definition) is 0. The maximum atomic E-state index is 5.73. The first-order valence-electron chi connectivity index (χ1n) is 4.02. The summed E-state index contributed by atoms with van der Waals surface area (Å²) in [7, 11) is -0.596. The van der Waals surface area contributed by atoms with Crippen LogP contribution in [-0.2, 0) is 4.43 Å². The molecule has 0 aromatic heterocycles. The molecule has 0 atom stereocenters. The van der Waals surface area contributed by atoms with E-state index in [2.05, 4.69) is 39.9 Å². The Labute approximate surface area is 72.2 Å². The molecule has 0 fully saturated rings. The minimum atomic E-state index is -0.596. The second kappa shape index (κ2) is 3.95. The summed E-state index contributed by atoms with van der Waals surface area (Å²) >= 11 is 0. The monoisotopic (exact) mass is 171 g/mol. The Morgan fingerprint density at radius 1 is 1.27 bits per heavy atom. The lowest BCUT2D eigenvalue weighted by Gasteiger charge is -2.25. The van der Waals surface area contributed by atoms with Gasteiger partial charge in [-0.25, -0.2) is 0 Å². The molecule has 0 aliphatic carbocycles. The second-order valence-electron chi connectivity index (χ2n) is 3.91. The third-order valence-electron chi connectivity index (χ3n) is 1.32. The van der Waals surface area contributed by atoms with Gasteiger partial charge in [0, 0.05) is 5.41 Å². The molecule has 0 bridgehead atoms. The largest absolute Gasteiger partial charge is 0.545 e. The molecule has 0 aromatic rings. The third kappa shape index (κ3) is 4.25. The Bertz CT molecular complexity index is 142. The summed E-state index contributed by atoms with van der Waals surface area (Å²) in [6.07, 6.45) is 2.07. The molecular weight excluding hydrogens is 152 g/mol. The first kappa shape index (κ1) is 10.8. The van der Waals surface area contributed by atoms with Gasteiger partial charge in [0.25, 0.3) is 9.04 Å². The molecule has 2 heteroatoms. The van der Waals surface area contributed by atoms with Gasteiger partial charge in [-0.15, -0.1) is 0 Å². The highest BCUT2D eigenvalue weighted by Gasteiger charge is 2.18. The van der Waals surface area contributed by atoms with Gasteiger partial charge >= 0.3 is 0 Å². The van der Waals surface area contributed by atoms with E-state index < -0.39 is 9.04 Å². The van der Waals surface area contributed by atoms with Crippen molar-refractivity contribution in [3.63, 3.8) is 0 Å². The fraction of sp³-hybridized carbons (Fsp3) is 0.778. The molecule has 0 N–H and O–H groups in total. The van der Waals surface area contributed by atoms with Crippen LogP contribution in [0, 0.1) is 5.41 Å². The Balaban J connectivity index is 4.21. The van der Waals surface area contributed by atoms with E-state index in [9.17, 15) is 0 Å². The Morgan fingerprint density at radius 3 is 1.82 bits per heavy atom. The van der Waals surface area contributed by atoms with Crippen LogP contribution in [-0.4, -0.2) is 9.04 Å². The molecule has 0 rings (SSSR count). The van der Waals surface area contributed by atoms with Crippen molar-refractivity contribution in [1.29, 1.82) is 0 Å². The lowest BCUT2D eigenvalue weighted by atomic mass is 9.94. The maximum Gasteiger partial charge on any atom is 0.273 e. The fourth-order valence-electron chi connectivity index (χ4n) is 0.865. The average Bonchev–Trinajstić information content (AvgIpc) is 1.79. The maximum absolute atomic E-state index is 5.73. The van der Waals surface area contributed by atoms with Crippen molar-refractivity contribution < 1.29 is 4.43 Å². The van der Waals surface area contributed by atoms with Crippen LogP contribution in [0.5, 0.6) is 0 Å². The highest BCUT2D eigenvalue weighted by Crippen LogP contribution is 2.26. The van der Waals surface area contributed by atoms with Crippen molar-refractivity contribution >= 4 is 9.04 Å². The Morgan fingerprint density at radius 2 is 1.73 bits per heavy atom. The second-order valence-corrected chi connectivity index (χ2v) is 5.93. The van der Waals surface area contributed by atoms with Crippen LogP contribution in [0.1, 0.15) is 27.7 Å². The minimum Gasteiger partial charge on any atom is -0.545 e. The summed E-state index contributed by atoms with van der Waals surface area (Å²) < 4.78 is 5.73. The van der Waals surface area contributed by atoms with Gasteiger partial charge in [0.2, 0.25) is 0 Å². The summed E-state index contributed by atoms with van der Waals surface area (Å²) in [5, 5.41) is 0. The average molecular weight is 171 g/mol. The standard InChI is InChI=1S/C9H19OSi/c1-7-8(9(2,3)4)10-11(5)6/h7H,1-6H3/b8-7+. The van der Waals surface area contributed by atoms with Gasteiger partial charge in [0.15, 0.2) is 0 Å². The first-order chi connectivity index (χ1) is 4.88. The Hall–Kier alpha value is -0.243. The van der Waals surface area contributed by atoms with Crippen LogP contribution < -0.4 is 0 Å². The predicted octanol–water partition coefficient (Wildman–Crippen LogP) is 3.20. The zero-order chi connectivity index (χ0) is 9.07. The zero-order valence-electron chi connectivity index (χ0n) is 8.49. The molecule has 0 aliphatic rings. The van der Waals surface area contributed by atoms with E-state index in [0.717, 1.165) is 5.76 Å². The molecule has 0 saturated heterocycles. The van der Waals surface area contributed by atoms with Crippen molar-refractivity contribution in [3.05, 3.63) is 11.8 Å². The fourth-order valence-corrected chi connectivity index (χ4v) is 1.73. The zero-order valence-corrected chi connectivity index (χ0v) is 9.49. The van der Waals surface area contributed by atoms with Gasteiger partial charge < -0.3 is 4.43 Å². The summed E-state index contributed by atoms with van der Waals surface area (Å²) in [5.74, 6) is 1.12. The first-order valence-corrected chi connectivity index (χ1v) is 6.43. The molecule has 65 valence electrons. The number of allylic oxidation sites excluding steroid dienone is 2. The van der Waals surface area contributed by atoms with E-state index in [1.54, 1.807) is 0 Å². The van der Waals surface area contributed by atoms with Gasteiger partial charge in [-0.3, -0.25) is 0 Å². The van der Waals surface area contributed by atoms with Crippen LogP contribution in [0.25, 0.3) is 0 Å². The van der Waals surface area contributed by atoms with Crippen molar-refractivity contribution in [1.82, 2.24) is 0 Å². The summed E-state index contributed by atoms with van der Waals surface area (Å²) in [6, 6.07) is 0. The van der Waals surface area contributed by atoms with E-state index >= 15 is 0 Å². The third-order valence-corrected chi connectivity index (χ3v) is 1.94. The summed E-state index contributed by atoms with van der Waals surface area (Å²) in [6.45, 7) is 12.9. The van der Waals surface area contributed by atoms with E-state index in [0.29, 0.717) is 0 Å². The lowest BCUT2D eigenvalue weighted by molar-refractivity contribution is 0.297. The summed E-state index contributed by atoms with van der Waals surface area (Å²) in [4.78, 5) is 0. The molecule has 0 aromatic carbocycles. The van der Waals surface area contributed by atoms with Crippen molar-refractivity contribution in [2.45, 2.75) is 40.8 Å². The van der Waals surface area contributed by atoms with Crippen LogP contribution in [0.3, 0.4) is 0 Å². The number of rotatable bonds is 2. The highest BCUT2D eigenvalue weighted by molar-refractivity contribution is 6.48. The topological polar surface area (TPSA) is 9.23 Å². The van der Waals surface area contributed by atoms with Gasteiger partial charge in [-0.2, -0.15) is 0 Å². The van der Waals surface area contributed by atoms with Gasteiger partial charge in [-0.1, -0.05) is 26.8 Å². The minimum absolute atomic E-state index is 0.163. The van der Waals surface area contributed by atoms with Crippen LogP contribution in [0.4, 0.5) is 0 Å². The Kier molecular flexibility index (Phi) is 3.87. The quantitative estimate of drug-likeness (QED) is 0.458. The van der Waals surface area contributed by atoms with E-state index in [4.69, 9.17) is 4.43 Å². The van der Waals surface area contributed by atoms with Gasteiger partial charge in [0.05, 0.1) is 5.76 Å². The van der Waals surface area contributed by atoms with Crippen LogP contribution in [0.15, 0.2) is 11.8 Å². The molecule has 0 aliphatic heterocycles. The molecule has 0 spiro atoms. The molecule has 0 saturated carbocycles. The molecule has 1 nitrogen and oxygen atoms in total. The smallest absolute Gasteiger partial charge is 0.273 e.